The second kappa shape index (κ2) is 6.55. The third-order valence-electron chi connectivity index (χ3n) is 2.82. The zero-order valence-electron chi connectivity index (χ0n) is 10.0. The standard InChI is InChI=1S/C12H22O4/c1-2-3-10(14-8-12-9-16-12)4-5-13-6-11-7-15-11/h10-12H,2-9H2,1H3. The summed E-state index contributed by atoms with van der Waals surface area (Å²) < 4.78 is 21.5. The van der Waals surface area contributed by atoms with Gasteiger partial charge < -0.3 is 18.9 Å². The Hall–Kier alpha value is -0.160. The van der Waals surface area contributed by atoms with Gasteiger partial charge in [0.15, 0.2) is 0 Å². The Morgan fingerprint density at radius 2 is 1.81 bits per heavy atom. The summed E-state index contributed by atoms with van der Waals surface area (Å²) in [7, 11) is 0. The van der Waals surface area contributed by atoms with Gasteiger partial charge in [-0.05, 0) is 12.8 Å². The molecule has 2 fully saturated rings. The summed E-state index contributed by atoms with van der Waals surface area (Å²) in [5, 5.41) is 0. The van der Waals surface area contributed by atoms with Crippen molar-refractivity contribution in [1.29, 1.82) is 0 Å². The molecule has 2 saturated heterocycles. The molecule has 2 aliphatic rings. The smallest absolute Gasteiger partial charge is 0.104 e. The van der Waals surface area contributed by atoms with Crippen LogP contribution in [-0.4, -0.2) is 51.3 Å². The van der Waals surface area contributed by atoms with Gasteiger partial charge in [-0.1, -0.05) is 13.3 Å². The number of rotatable bonds is 10. The molecule has 0 amide bonds. The van der Waals surface area contributed by atoms with E-state index < -0.39 is 0 Å². The number of hydrogen-bond acceptors (Lipinski definition) is 4. The van der Waals surface area contributed by atoms with Gasteiger partial charge in [0.05, 0.1) is 32.5 Å². The topological polar surface area (TPSA) is 43.5 Å². The van der Waals surface area contributed by atoms with E-state index in [1.807, 2.05) is 0 Å². The molecular formula is C12H22O4. The molecule has 0 radical (unpaired) electrons. The van der Waals surface area contributed by atoms with Crippen molar-refractivity contribution >= 4 is 0 Å². The van der Waals surface area contributed by atoms with Crippen LogP contribution in [0.25, 0.3) is 0 Å². The number of epoxide rings is 2. The van der Waals surface area contributed by atoms with E-state index in [1.165, 1.54) is 0 Å². The van der Waals surface area contributed by atoms with Gasteiger partial charge in [0, 0.05) is 6.61 Å². The highest BCUT2D eigenvalue weighted by molar-refractivity contribution is 4.70. The molecule has 3 unspecified atom stereocenters. The Bertz CT molecular complexity index is 189. The third-order valence-corrected chi connectivity index (χ3v) is 2.82. The lowest BCUT2D eigenvalue weighted by molar-refractivity contribution is 0.00783. The molecule has 2 rings (SSSR count). The molecule has 0 saturated carbocycles. The van der Waals surface area contributed by atoms with Crippen LogP contribution in [0.2, 0.25) is 0 Å². The van der Waals surface area contributed by atoms with Crippen molar-refractivity contribution in [3.63, 3.8) is 0 Å². The van der Waals surface area contributed by atoms with E-state index in [9.17, 15) is 0 Å². The molecule has 0 spiro atoms. The Balaban J connectivity index is 1.49. The highest BCUT2D eigenvalue weighted by Gasteiger charge is 2.24. The molecule has 94 valence electrons. The molecule has 0 aliphatic carbocycles. The molecule has 3 atom stereocenters. The first-order valence-electron chi connectivity index (χ1n) is 6.31. The summed E-state index contributed by atoms with van der Waals surface area (Å²) >= 11 is 0. The van der Waals surface area contributed by atoms with Crippen molar-refractivity contribution in [3.05, 3.63) is 0 Å². The first-order chi connectivity index (χ1) is 7.88. The quantitative estimate of drug-likeness (QED) is 0.420. The average molecular weight is 230 g/mol. The largest absolute Gasteiger partial charge is 0.379 e. The Morgan fingerprint density at radius 1 is 1.12 bits per heavy atom. The van der Waals surface area contributed by atoms with Crippen LogP contribution in [0, 0.1) is 0 Å². The summed E-state index contributed by atoms with van der Waals surface area (Å²) in [5.41, 5.74) is 0. The van der Waals surface area contributed by atoms with Gasteiger partial charge in [-0.3, -0.25) is 0 Å². The van der Waals surface area contributed by atoms with Crippen molar-refractivity contribution in [2.75, 3.05) is 33.0 Å². The van der Waals surface area contributed by atoms with Crippen molar-refractivity contribution < 1.29 is 18.9 Å². The number of ether oxygens (including phenoxy) is 4. The van der Waals surface area contributed by atoms with Gasteiger partial charge in [0.2, 0.25) is 0 Å². The molecule has 2 heterocycles. The molecule has 16 heavy (non-hydrogen) atoms. The van der Waals surface area contributed by atoms with Gasteiger partial charge in [-0.15, -0.1) is 0 Å². The minimum atomic E-state index is 0.328. The maximum atomic E-state index is 5.79. The van der Waals surface area contributed by atoms with E-state index in [2.05, 4.69) is 6.92 Å². The van der Waals surface area contributed by atoms with Crippen LogP contribution in [0.15, 0.2) is 0 Å². The summed E-state index contributed by atoms with van der Waals surface area (Å²) in [5.74, 6) is 0. The second-order valence-corrected chi connectivity index (χ2v) is 4.52. The van der Waals surface area contributed by atoms with Crippen LogP contribution < -0.4 is 0 Å². The zero-order valence-corrected chi connectivity index (χ0v) is 10.0. The normalized spacial score (nSPS) is 29.1. The molecule has 2 aliphatic heterocycles. The lowest BCUT2D eigenvalue weighted by atomic mass is 10.1. The van der Waals surface area contributed by atoms with Crippen molar-refractivity contribution in [1.82, 2.24) is 0 Å². The fourth-order valence-electron chi connectivity index (χ4n) is 1.63. The molecular weight excluding hydrogens is 208 g/mol. The van der Waals surface area contributed by atoms with Crippen LogP contribution in [0.3, 0.4) is 0 Å². The summed E-state index contributed by atoms with van der Waals surface area (Å²) in [6, 6.07) is 0. The molecule has 4 heteroatoms. The highest BCUT2D eigenvalue weighted by atomic mass is 16.6. The van der Waals surface area contributed by atoms with Gasteiger partial charge in [0.25, 0.3) is 0 Å². The minimum absolute atomic E-state index is 0.328. The van der Waals surface area contributed by atoms with Gasteiger partial charge in [-0.2, -0.15) is 0 Å². The first kappa shape index (κ1) is 12.3. The van der Waals surface area contributed by atoms with Gasteiger partial charge in [-0.25, -0.2) is 0 Å². The van der Waals surface area contributed by atoms with Crippen LogP contribution in [0.5, 0.6) is 0 Å². The maximum absolute atomic E-state index is 5.79. The summed E-state index contributed by atoms with van der Waals surface area (Å²) in [4.78, 5) is 0. The van der Waals surface area contributed by atoms with Crippen LogP contribution in [0.1, 0.15) is 26.2 Å². The monoisotopic (exact) mass is 230 g/mol. The predicted octanol–water partition coefficient (Wildman–Crippen LogP) is 1.38. The SMILES string of the molecule is CCCC(CCOCC1CO1)OCC1CO1. The Kier molecular flexibility index (Phi) is 5.03. The van der Waals surface area contributed by atoms with Crippen molar-refractivity contribution in [3.8, 4) is 0 Å². The Morgan fingerprint density at radius 3 is 2.44 bits per heavy atom. The summed E-state index contributed by atoms with van der Waals surface area (Å²) in [6.07, 6.45) is 4.30. The van der Waals surface area contributed by atoms with Crippen LogP contribution in [-0.2, 0) is 18.9 Å². The van der Waals surface area contributed by atoms with Gasteiger partial charge in [0.1, 0.15) is 12.2 Å². The van der Waals surface area contributed by atoms with E-state index in [4.69, 9.17) is 18.9 Å². The molecule has 0 bridgehead atoms. The fraction of sp³-hybridized carbons (Fsp3) is 1.00. The predicted molar refractivity (Wildman–Crippen MR) is 59.6 cm³/mol. The molecule has 0 aromatic rings. The first-order valence-corrected chi connectivity index (χ1v) is 6.31. The second-order valence-electron chi connectivity index (χ2n) is 4.52. The van der Waals surface area contributed by atoms with Crippen molar-refractivity contribution in [2.45, 2.75) is 44.5 Å². The van der Waals surface area contributed by atoms with E-state index in [0.717, 1.165) is 52.3 Å². The van der Waals surface area contributed by atoms with E-state index >= 15 is 0 Å². The fourth-order valence-corrected chi connectivity index (χ4v) is 1.63. The minimum Gasteiger partial charge on any atom is -0.379 e. The number of hydrogen-bond donors (Lipinski definition) is 0. The van der Waals surface area contributed by atoms with Gasteiger partial charge >= 0.3 is 0 Å². The lowest BCUT2D eigenvalue weighted by Gasteiger charge is -2.16. The third kappa shape index (κ3) is 5.25. The van der Waals surface area contributed by atoms with Crippen molar-refractivity contribution in [2.24, 2.45) is 0 Å². The molecule has 4 nitrogen and oxygen atoms in total. The maximum Gasteiger partial charge on any atom is 0.104 e. The zero-order chi connectivity index (χ0) is 11.2. The average Bonchev–Trinajstić information content (AvgIpc) is 3.15. The molecule has 0 aromatic heterocycles. The molecule has 0 aromatic carbocycles. The van der Waals surface area contributed by atoms with Crippen LogP contribution in [0.4, 0.5) is 0 Å². The lowest BCUT2D eigenvalue weighted by Crippen LogP contribution is -2.19. The molecule has 0 N–H and O–H groups in total. The Labute approximate surface area is 97.2 Å². The van der Waals surface area contributed by atoms with E-state index in [-0.39, 0.29) is 0 Å². The van der Waals surface area contributed by atoms with E-state index in [1.54, 1.807) is 0 Å². The summed E-state index contributed by atoms with van der Waals surface area (Å²) in [6.45, 7) is 6.18. The highest BCUT2D eigenvalue weighted by Crippen LogP contribution is 2.14. The van der Waals surface area contributed by atoms with E-state index in [0.29, 0.717) is 18.3 Å². The van der Waals surface area contributed by atoms with Crippen LogP contribution >= 0.6 is 0 Å².